The van der Waals surface area contributed by atoms with E-state index in [1.165, 1.54) is 0 Å². The van der Waals surface area contributed by atoms with Crippen molar-refractivity contribution in [3.63, 3.8) is 0 Å². The first-order valence-electron chi connectivity index (χ1n) is 6.86. The number of rotatable bonds is 6. The standard InChI is InChI=1S/C15H23NO4/c1-18-11-8-13(20-3)12(19-2)7-10(11)14(16)15(17)9-5-4-6-9/h7-9,14-15,17H,4-6,16H2,1-3H3/t14-,15+/m1/s1. The van der Waals surface area contributed by atoms with Crippen LogP contribution in [0.3, 0.4) is 0 Å². The molecule has 3 N–H and O–H groups in total. The van der Waals surface area contributed by atoms with Crippen LogP contribution >= 0.6 is 0 Å². The van der Waals surface area contributed by atoms with Gasteiger partial charge < -0.3 is 25.1 Å². The Morgan fingerprint density at radius 2 is 1.60 bits per heavy atom. The first-order valence-corrected chi connectivity index (χ1v) is 6.86. The maximum atomic E-state index is 10.3. The molecule has 1 aliphatic carbocycles. The SMILES string of the molecule is COc1cc(OC)c([C@@H](N)[C@@H](O)C2CCC2)cc1OC. The van der Waals surface area contributed by atoms with Crippen LogP contribution in [0.4, 0.5) is 0 Å². The van der Waals surface area contributed by atoms with Crippen LogP contribution in [-0.4, -0.2) is 32.5 Å². The zero-order valence-corrected chi connectivity index (χ0v) is 12.3. The van der Waals surface area contributed by atoms with E-state index in [2.05, 4.69) is 0 Å². The predicted octanol–water partition coefficient (Wildman–Crippen LogP) is 1.87. The molecule has 1 aromatic carbocycles. The number of hydrogen-bond donors (Lipinski definition) is 2. The summed E-state index contributed by atoms with van der Waals surface area (Å²) in [7, 11) is 4.72. The fourth-order valence-electron chi connectivity index (χ4n) is 2.57. The molecule has 5 nitrogen and oxygen atoms in total. The van der Waals surface area contributed by atoms with Gasteiger partial charge in [0.1, 0.15) is 5.75 Å². The Hall–Kier alpha value is -1.46. The summed E-state index contributed by atoms with van der Waals surface area (Å²) in [6, 6.07) is 3.03. The fraction of sp³-hybridized carbons (Fsp3) is 0.600. The van der Waals surface area contributed by atoms with Crippen molar-refractivity contribution in [2.45, 2.75) is 31.4 Å². The molecule has 0 aliphatic heterocycles. The lowest BCUT2D eigenvalue weighted by molar-refractivity contribution is 0.0407. The molecule has 0 unspecified atom stereocenters. The average Bonchev–Trinajstić information content (AvgIpc) is 2.42. The summed E-state index contributed by atoms with van der Waals surface area (Å²) in [4.78, 5) is 0. The number of aliphatic hydroxyl groups excluding tert-OH is 1. The van der Waals surface area contributed by atoms with Crippen molar-refractivity contribution in [1.82, 2.24) is 0 Å². The lowest BCUT2D eigenvalue weighted by Gasteiger charge is -2.34. The Morgan fingerprint density at radius 3 is 2.05 bits per heavy atom. The van der Waals surface area contributed by atoms with Crippen LogP contribution in [0.5, 0.6) is 17.2 Å². The molecule has 0 aromatic heterocycles. The molecule has 0 radical (unpaired) electrons. The number of hydrogen-bond acceptors (Lipinski definition) is 5. The minimum atomic E-state index is -0.559. The van der Waals surface area contributed by atoms with Crippen LogP contribution < -0.4 is 19.9 Å². The van der Waals surface area contributed by atoms with Gasteiger partial charge in [0.25, 0.3) is 0 Å². The fourth-order valence-corrected chi connectivity index (χ4v) is 2.57. The van der Waals surface area contributed by atoms with Gasteiger partial charge in [0.2, 0.25) is 0 Å². The van der Waals surface area contributed by atoms with Crippen LogP contribution in [0.25, 0.3) is 0 Å². The molecule has 2 atom stereocenters. The summed E-state index contributed by atoms with van der Waals surface area (Å²) < 4.78 is 15.9. The smallest absolute Gasteiger partial charge is 0.164 e. The minimum absolute atomic E-state index is 0.280. The second-order valence-electron chi connectivity index (χ2n) is 5.16. The summed E-state index contributed by atoms with van der Waals surface area (Å²) in [6.45, 7) is 0. The molecule has 1 saturated carbocycles. The van der Waals surface area contributed by atoms with Gasteiger partial charge in [0.15, 0.2) is 11.5 Å². The molecule has 0 amide bonds. The van der Waals surface area contributed by atoms with E-state index in [-0.39, 0.29) is 5.92 Å². The summed E-state index contributed by atoms with van der Waals surface area (Å²) in [5.41, 5.74) is 6.95. The van der Waals surface area contributed by atoms with Crippen molar-refractivity contribution in [3.05, 3.63) is 17.7 Å². The van der Waals surface area contributed by atoms with Crippen LogP contribution in [-0.2, 0) is 0 Å². The molecule has 2 rings (SSSR count). The van der Waals surface area contributed by atoms with Gasteiger partial charge in [-0.1, -0.05) is 6.42 Å². The third-order valence-corrected chi connectivity index (χ3v) is 4.10. The minimum Gasteiger partial charge on any atom is -0.496 e. The van der Waals surface area contributed by atoms with E-state index in [4.69, 9.17) is 19.9 Å². The van der Waals surface area contributed by atoms with Crippen molar-refractivity contribution in [2.24, 2.45) is 11.7 Å². The van der Waals surface area contributed by atoms with E-state index in [0.717, 1.165) is 24.8 Å². The average molecular weight is 281 g/mol. The predicted molar refractivity (Wildman–Crippen MR) is 76.4 cm³/mol. The molecule has 20 heavy (non-hydrogen) atoms. The molecule has 0 spiro atoms. The highest BCUT2D eigenvalue weighted by Gasteiger charge is 2.32. The highest BCUT2D eigenvalue weighted by Crippen LogP contribution is 2.41. The molecule has 1 aliphatic rings. The van der Waals surface area contributed by atoms with Gasteiger partial charge in [0, 0.05) is 11.6 Å². The van der Waals surface area contributed by atoms with Gasteiger partial charge in [-0.25, -0.2) is 0 Å². The molecular weight excluding hydrogens is 258 g/mol. The van der Waals surface area contributed by atoms with Gasteiger partial charge in [-0.3, -0.25) is 0 Å². The maximum Gasteiger partial charge on any atom is 0.164 e. The molecule has 1 aromatic rings. The van der Waals surface area contributed by atoms with Crippen molar-refractivity contribution in [1.29, 1.82) is 0 Å². The molecule has 5 heteroatoms. The lowest BCUT2D eigenvalue weighted by atomic mass is 9.77. The summed E-state index contributed by atoms with van der Waals surface area (Å²) in [5, 5.41) is 10.3. The third-order valence-electron chi connectivity index (χ3n) is 4.10. The summed E-state index contributed by atoms with van der Waals surface area (Å²) >= 11 is 0. The van der Waals surface area contributed by atoms with Crippen molar-refractivity contribution >= 4 is 0 Å². The molecule has 112 valence electrons. The van der Waals surface area contributed by atoms with Crippen LogP contribution in [0, 0.1) is 5.92 Å². The molecule has 0 heterocycles. The quantitative estimate of drug-likeness (QED) is 0.832. The van der Waals surface area contributed by atoms with Crippen LogP contribution in [0.1, 0.15) is 30.9 Å². The van der Waals surface area contributed by atoms with Crippen molar-refractivity contribution in [2.75, 3.05) is 21.3 Å². The Balaban J connectivity index is 2.32. The number of ether oxygens (including phenoxy) is 3. The summed E-state index contributed by atoms with van der Waals surface area (Å²) in [5.74, 6) is 2.05. The first-order chi connectivity index (χ1) is 9.62. The van der Waals surface area contributed by atoms with Gasteiger partial charge in [0.05, 0.1) is 33.5 Å². The molecule has 0 saturated heterocycles. The zero-order chi connectivity index (χ0) is 14.7. The van der Waals surface area contributed by atoms with Gasteiger partial charge in [-0.05, 0) is 24.8 Å². The highest BCUT2D eigenvalue weighted by molar-refractivity contribution is 5.52. The van der Waals surface area contributed by atoms with Gasteiger partial charge >= 0.3 is 0 Å². The van der Waals surface area contributed by atoms with Gasteiger partial charge in [-0.2, -0.15) is 0 Å². The third kappa shape index (κ3) is 2.69. The Bertz CT molecular complexity index is 459. The molecule has 0 bridgehead atoms. The normalized spacial score (nSPS) is 18.1. The van der Waals surface area contributed by atoms with E-state index < -0.39 is 12.1 Å². The molecule has 1 fully saturated rings. The maximum absolute atomic E-state index is 10.3. The topological polar surface area (TPSA) is 73.9 Å². The number of benzene rings is 1. The summed E-state index contributed by atoms with van der Waals surface area (Å²) in [6.07, 6.45) is 2.67. The first kappa shape index (κ1) is 14.9. The number of methoxy groups -OCH3 is 3. The van der Waals surface area contributed by atoms with E-state index in [9.17, 15) is 5.11 Å². The largest absolute Gasteiger partial charge is 0.496 e. The Kier molecular flexibility index (Phi) is 4.73. The van der Waals surface area contributed by atoms with E-state index in [1.54, 1.807) is 33.5 Å². The second kappa shape index (κ2) is 6.33. The van der Waals surface area contributed by atoms with Gasteiger partial charge in [-0.15, -0.1) is 0 Å². The number of nitrogens with two attached hydrogens (primary N) is 1. The van der Waals surface area contributed by atoms with Crippen LogP contribution in [0.2, 0.25) is 0 Å². The van der Waals surface area contributed by atoms with Crippen molar-refractivity contribution in [3.8, 4) is 17.2 Å². The van der Waals surface area contributed by atoms with Crippen molar-refractivity contribution < 1.29 is 19.3 Å². The lowest BCUT2D eigenvalue weighted by Crippen LogP contribution is -2.36. The van der Waals surface area contributed by atoms with E-state index in [1.807, 2.05) is 0 Å². The molecular formula is C15H23NO4. The van der Waals surface area contributed by atoms with E-state index >= 15 is 0 Å². The number of aliphatic hydroxyl groups is 1. The second-order valence-corrected chi connectivity index (χ2v) is 5.16. The zero-order valence-electron chi connectivity index (χ0n) is 12.3. The van der Waals surface area contributed by atoms with E-state index in [0.29, 0.717) is 17.2 Å². The monoisotopic (exact) mass is 281 g/mol. The van der Waals surface area contributed by atoms with Crippen LogP contribution in [0.15, 0.2) is 12.1 Å². The Labute approximate surface area is 119 Å². The Morgan fingerprint density at radius 1 is 1.05 bits per heavy atom. The highest BCUT2D eigenvalue weighted by atomic mass is 16.5.